The Kier molecular flexibility index (Phi) is 31.8. The van der Waals surface area contributed by atoms with Gasteiger partial charge in [-0.3, -0.25) is 0 Å². The topological polar surface area (TPSA) is 114 Å². The maximum Gasteiger partial charge on any atom is 2.00 e. The van der Waals surface area contributed by atoms with E-state index in [1.54, 1.807) is 0 Å². The second-order valence-electron chi connectivity index (χ2n) is 18.5. The fourth-order valence-electron chi connectivity index (χ4n) is 9.44. The Morgan fingerprint density at radius 1 is 0.323 bits per heavy atom. The normalized spacial score (nSPS) is 11.8. The Bertz CT molecular complexity index is 1960. The van der Waals surface area contributed by atoms with Crippen LogP contribution in [0.3, 0.4) is 0 Å². The van der Waals surface area contributed by atoms with Crippen molar-refractivity contribution in [3.63, 3.8) is 0 Å². The molecule has 0 saturated heterocycles. The van der Waals surface area contributed by atoms with Crippen LogP contribution in [0.4, 0.5) is 0 Å². The van der Waals surface area contributed by atoms with Gasteiger partial charge in [-0.15, -0.1) is 0 Å². The quantitative estimate of drug-likeness (QED) is 0.0262. The van der Waals surface area contributed by atoms with Gasteiger partial charge in [0.2, 0.25) is 0 Å². The summed E-state index contributed by atoms with van der Waals surface area (Å²) < 4.78 is 73.3. The molecule has 4 rings (SSSR count). The van der Waals surface area contributed by atoms with Crippen LogP contribution in [0, 0.1) is 0 Å². The summed E-state index contributed by atoms with van der Waals surface area (Å²) in [6, 6.07) is 19.2. The summed E-state index contributed by atoms with van der Waals surface area (Å²) in [6.07, 6.45) is 37.2. The summed E-state index contributed by atoms with van der Waals surface area (Å²) in [5.41, 5.74) is 3.84. The number of unbranched alkanes of at least 4 members (excludes halogenated alkanes) is 24. The number of benzene rings is 4. The molecule has 0 radical (unpaired) electrons. The van der Waals surface area contributed by atoms with Crippen LogP contribution >= 0.6 is 0 Å². The van der Waals surface area contributed by atoms with Crippen molar-refractivity contribution >= 4 is 79.5 Å². The maximum absolute atomic E-state index is 12.2. The SMILES string of the molecule is CCCCCCCCCc1cc(CCCCCCCCC)c2ccccc2c1S(=O)(=O)[O-].CCCCCCCCCc1cc(CCCCCCCCC)c2ccccc2c1S(=O)(=O)[O-].[Ca+2]. The monoisotopic (exact) mass is 959 g/mol. The van der Waals surface area contributed by atoms with Gasteiger partial charge in [-0.05, 0) is 95.2 Å². The third kappa shape index (κ3) is 22.6. The maximum atomic E-state index is 12.2. The van der Waals surface area contributed by atoms with Crippen LogP contribution in [-0.4, -0.2) is 63.7 Å². The van der Waals surface area contributed by atoms with Crippen molar-refractivity contribution in [2.24, 2.45) is 0 Å². The van der Waals surface area contributed by atoms with E-state index in [0.29, 0.717) is 23.6 Å². The number of hydrogen-bond donors (Lipinski definition) is 0. The van der Waals surface area contributed by atoms with E-state index in [0.717, 1.165) is 73.3 Å². The summed E-state index contributed by atoms with van der Waals surface area (Å²) in [7, 11) is -9.04. The first-order chi connectivity index (χ1) is 31.0. The smallest absolute Gasteiger partial charge is 0.744 e. The van der Waals surface area contributed by atoms with Crippen molar-refractivity contribution < 1.29 is 25.9 Å². The van der Waals surface area contributed by atoms with Gasteiger partial charge in [0.05, 0.1) is 9.79 Å². The molecule has 9 heteroatoms. The zero-order valence-corrected chi connectivity index (χ0v) is 45.2. The minimum atomic E-state index is -4.52. The standard InChI is InChI=1S/2C28H44O3S.Ca/c2*1-3-5-7-9-11-13-15-19-24-23-25(20-16-14-12-10-8-6-4-2)28(32(29,30)31)27-22-18-17-21-26(24)27;/h2*17-18,21-23H,3-16,19-20H2,1-2H3,(H,29,30,31);/q;;+2/p-2. The molecule has 0 heterocycles. The number of aryl methyl sites for hydroxylation is 4. The van der Waals surface area contributed by atoms with Crippen molar-refractivity contribution in [2.75, 3.05) is 0 Å². The first kappa shape index (κ1) is 59.6. The average Bonchev–Trinajstić information content (AvgIpc) is 3.27. The van der Waals surface area contributed by atoms with Crippen molar-refractivity contribution in [3.05, 3.63) is 82.9 Å². The molecule has 0 N–H and O–H groups in total. The minimum absolute atomic E-state index is 0. The summed E-state index contributed by atoms with van der Waals surface area (Å²) in [6.45, 7) is 8.91. The van der Waals surface area contributed by atoms with Crippen LogP contribution in [0.2, 0.25) is 0 Å². The molecule has 0 bridgehead atoms. The predicted octanol–water partition coefficient (Wildman–Crippen LogP) is 16.3. The van der Waals surface area contributed by atoms with Gasteiger partial charge in [0.25, 0.3) is 0 Å². The molecule has 65 heavy (non-hydrogen) atoms. The first-order valence-corrected chi connectivity index (χ1v) is 28.8. The van der Waals surface area contributed by atoms with Gasteiger partial charge in [-0.2, -0.15) is 0 Å². The Hall–Kier alpha value is -1.52. The fourth-order valence-corrected chi connectivity index (χ4v) is 11.3. The fraction of sp³-hybridized carbons (Fsp3) is 0.643. The van der Waals surface area contributed by atoms with Gasteiger partial charge >= 0.3 is 37.7 Å². The van der Waals surface area contributed by atoms with E-state index in [2.05, 4.69) is 27.7 Å². The molecule has 0 aliphatic rings. The Morgan fingerprint density at radius 3 is 0.785 bits per heavy atom. The van der Waals surface area contributed by atoms with E-state index < -0.39 is 20.2 Å². The van der Waals surface area contributed by atoms with Crippen LogP contribution in [0.15, 0.2) is 70.5 Å². The molecule has 4 aromatic rings. The van der Waals surface area contributed by atoms with Gasteiger partial charge in [-0.1, -0.05) is 242 Å². The third-order valence-corrected chi connectivity index (χ3v) is 15.0. The molecule has 4 aromatic carbocycles. The summed E-state index contributed by atoms with van der Waals surface area (Å²) in [5.74, 6) is 0. The molecular formula is C56H86CaO6S2. The number of rotatable bonds is 34. The molecule has 0 unspecified atom stereocenters. The molecule has 6 nitrogen and oxygen atoms in total. The Labute approximate surface area is 427 Å². The van der Waals surface area contributed by atoms with Crippen molar-refractivity contribution in [2.45, 2.75) is 243 Å². The third-order valence-electron chi connectivity index (χ3n) is 13.0. The van der Waals surface area contributed by atoms with E-state index in [-0.39, 0.29) is 47.5 Å². The van der Waals surface area contributed by atoms with Gasteiger partial charge in [0.15, 0.2) is 0 Å². The van der Waals surface area contributed by atoms with Gasteiger partial charge in [0, 0.05) is 0 Å². The zero-order chi connectivity index (χ0) is 46.5. The second kappa shape index (κ2) is 34.7. The number of fused-ring (bicyclic) bond motifs is 2. The van der Waals surface area contributed by atoms with E-state index in [9.17, 15) is 25.9 Å². The Balaban J connectivity index is 0.000000440. The van der Waals surface area contributed by atoms with E-state index in [4.69, 9.17) is 0 Å². The van der Waals surface area contributed by atoms with E-state index in [1.807, 2.05) is 60.7 Å². The second-order valence-corrected chi connectivity index (χ2v) is 21.2. The van der Waals surface area contributed by atoms with E-state index >= 15 is 0 Å². The summed E-state index contributed by atoms with van der Waals surface area (Å²) >= 11 is 0. The van der Waals surface area contributed by atoms with Crippen molar-refractivity contribution in [3.8, 4) is 0 Å². The molecule has 0 aliphatic carbocycles. The molecule has 0 spiro atoms. The van der Waals surface area contributed by atoms with E-state index in [1.165, 1.54) is 152 Å². The summed E-state index contributed by atoms with van der Waals surface area (Å²) in [4.78, 5) is 0.0322. The molecule has 0 saturated carbocycles. The molecule has 0 fully saturated rings. The largest absolute Gasteiger partial charge is 2.00 e. The van der Waals surface area contributed by atoms with Crippen LogP contribution in [0.1, 0.15) is 230 Å². The molecule has 0 aromatic heterocycles. The molecule has 0 aliphatic heterocycles. The Morgan fingerprint density at radius 2 is 0.538 bits per heavy atom. The van der Waals surface area contributed by atoms with Crippen LogP contribution in [0.5, 0.6) is 0 Å². The van der Waals surface area contributed by atoms with Crippen LogP contribution < -0.4 is 0 Å². The van der Waals surface area contributed by atoms with Crippen molar-refractivity contribution in [1.29, 1.82) is 0 Å². The number of hydrogen-bond acceptors (Lipinski definition) is 6. The van der Waals surface area contributed by atoms with Gasteiger partial charge in [0.1, 0.15) is 20.2 Å². The predicted molar refractivity (Wildman–Crippen MR) is 276 cm³/mol. The van der Waals surface area contributed by atoms with Crippen molar-refractivity contribution in [1.82, 2.24) is 0 Å². The van der Waals surface area contributed by atoms with Gasteiger partial charge < -0.3 is 9.11 Å². The molecule has 360 valence electrons. The summed E-state index contributed by atoms with van der Waals surface area (Å²) in [5, 5.41) is 3.08. The molecular weight excluding hydrogens is 873 g/mol. The van der Waals surface area contributed by atoms with Gasteiger partial charge in [-0.25, -0.2) is 16.8 Å². The van der Waals surface area contributed by atoms with Crippen LogP contribution in [-0.2, 0) is 45.9 Å². The first-order valence-electron chi connectivity index (χ1n) is 26.0. The molecule has 0 amide bonds. The molecule has 0 atom stereocenters. The van der Waals surface area contributed by atoms with Crippen LogP contribution in [0.25, 0.3) is 21.5 Å². The average molecular weight is 960 g/mol. The zero-order valence-electron chi connectivity index (χ0n) is 41.4. The minimum Gasteiger partial charge on any atom is -0.744 e.